The first-order valence-electron chi connectivity index (χ1n) is 8.40. The Morgan fingerprint density at radius 3 is 2.12 bits per heavy atom. The highest BCUT2D eigenvalue weighted by molar-refractivity contribution is 6.30. The summed E-state index contributed by atoms with van der Waals surface area (Å²) in [4.78, 5) is 37.2. The summed E-state index contributed by atoms with van der Waals surface area (Å²) in [6.07, 6.45) is -0.152. The summed E-state index contributed by atoms with van der Waals surface area (Å²) in [5, 5.41) is 3.02. The highest BCUT2D eigenvalue weighted by atomic mass is 35.5. The number of ether oxygens (including phenoxy) is 1. The smallest absolute Gasteiger partial charge is 0.312 e. The van der Waals surface area contributed by atoms with Crippen molar-refractivity contribution >= 4 is 29.5 Å². The minimum atomic E-state index is -0.764. The first-order chi connectivity index (χ1) is 12.1. The van der Waals surface area contributed by atoms with Crippen LogP contribution < -0.4 is 11.1 Å². The molecule has 1 atom stereocenters. The third-order valence-electron chi connectivity index (χ3n) is 3.72. The molecule has 0 fully saturated rings. The third-order valence-corrected chi connectivity index (χ3v) is 3.97. The van der Waals surface area contributed by atoms with Crippen LogP contribution in [0.1, 0.15) is 45.7 Å². The first kappa shape index (κ1) is 21.8. The molecule has 8 heteroatoms. The lowest BCUT2D eigenvalue weighted by Gasteiger charge is -2.30. The average molecular weight is 384 g/mol. The number of carbonyl (C=O) groups excluding carboxylic acids is 3. The molecule has 0 heterocycles. The Morgan fingerprint density at radius 2 is 1.65 bits per heavy atom. The molecule has 26 heavy (non-hydrogen) atoms. The minimum Gasteiger partial charge on any atom is -0.455 e. The van der Waals surface area contributed by atoms with Crippen LogP contribution in [0.5, 0.6) is 0 Å². The summed E-state index contributed by atoms with van der Waals surface area (Å²) in [7, 11) is 0. The molecule has 0 radical (unpaired) electrons. The summed E-state index contributed by atoms with van der Waals surface area (Å²) in [5.41, 5.74) is 5.83. The Hall–Kier alpha value is -2.28. The Morgan fingerprint density at radius 1 is 1.12 bits per heavy atom. The second-order valence-corrected chi connectivity index (χ2v) is 6.90. The molecule has 144 valence electrons. The van der Waals surface area contributed by atoms with E-state index in [0.717, 1.165) is 0 Å². The lowest BCUT2D eigenvalue weighted by Crippen LogP contribution is -2.44. The zero-order valence-corrected chi connectivity index (χ0v) is 16.2. The van der Waals surface area contributed by atoms with E-state index in [-0.39, 0.29) is 31.0 Å². The number of carbonyl (C=O) groups is 3. The summed E-state index contributed by atoms with van der Waals surface area (Å²) in [5.74, 6) is -0.881. The van der Waals surface area contributed by atoms with E-state index in [4.69, 9.17) is 22.1 Å². The third kappa shape index (κ3) is 6.92. The zero-order valence-electron chi connectivity index (χ0n) is 15.5. The van der Waals surface area contributed by atoms with E-state index in [2.05, 4.69) is 5.32 Å². The molecule has 1 aromatic carbocycles. The molecule has 3 N–H and O–H groups in total. The predicted octanol–water partition coefficient (Wildman–Crippen LogP) is 2.63. The van der Waals surface area contributed by atoms with Crippen LogP contribution in [0.25, 0.3) is 0 Å². The van der Waals surface area contributed by atoms with Crippen molar-refractivity contribution in [3.8, 4) is 0 Å². The van der Waals surface area contributed by atoms with E-state index in [9.17, 15) is 14.4 Å². The van der Waals surface area contributed by atoms with Crippen molar-refractivity contribution in [2.75, 3.05) is 6.61 Å². The molecule has 0 aliphatic heterocycles. The second kappa shape index (κ2) is 10.0. The van der Waals surface area contributed by atoms with Gasteiger partial charge >= 0.3 is 12.0 Å². The van der Waals surface area contributed by atoms with E-state index in [0.29, 0.717) is 10.6 Å². The van der Waals surface area contributed by atoms with E-state index in [1.807, 2.05) is 27.7 Å². The van der Waals surface area contributed by atoms with Gasteiger partial charge in [-0.25, -0.2) is 4.79 Å². The van der Waals surface area contributed by atoms with Crippen molar-refractivity contribution < 1.29 is 19.1 Å². The molecule has 0 aromatic heterocycles. The molecule has 0 aliphatic rings. The highest BCUT2D eigenvalue weighted by Crippen LogP contribution is 2.20. The van der Waals surface area contributed by atoms with Gasteiger partial charge in [-0.05, 0) is 45.4 Å². The number of hydrogen-bond acceptors (Lipinski definition) is 4. The van der Waals surface area contributed by atoms with Crippen molar-refractivity contribution in [3.63, 3.8) is 0 Å². The first-order valence-corrected chi connectivity index (χ1v) is 8.77. The molecule has 0 spiro atoms. The number of amides is 3. The largest absolute Gasteiger partial charge is 0.455 e. The quantitative estimate of drug-likeness (QED) is 0.673. The van der Waals surface area contributed by atoms with Gasteiger partial charge in [-0.1, -0.05) is 23.7 Å². The van der Waals surface area contributed by atoms with Crippen molar-refractivity contribution in [1.29, 1.82) is 0 Å². The molecule has 0 saturated carbocycles. The molecule has 0 bridgehead atoms. The average Bonchev–Trinajstić information content (AvgIpc) is 2.52. The monoisotopic (exact) mass is 383 g/mol. The van der Waals surface area contributed by atoms with E-state index >= 15 is 0 Å². The van der Waals surface area contributed by atoms with Gasteiger partial charge in [0.05, 0.1) is 12.5 Å². The summed E-state index contributed by atoms with van der Waals surface area (Å²) in [6, 6.07) is 5.22. The van der Waals surface area contributed by atoms with Crippen LogP contribution in [0.3, 0.4) is 0 Å². The lowest BCUT2D eigenvalue weighted by molar-refractivity contribution is -0.154. The number of urea groups is 1. The molecule has 7 nitrogen and oxygen atoms in total. The fourth-order valence-corrected chi connectivity index (χ4v) is 2.86. The molecule has 3 amide bonds. The van der Waals surface area contributed by atoms with Gasteiger partial charge < -0.3 is 20.7 Å². The Balaban J connectivity index is 2.71. The Labute approximate surface area is 158 Å². The maximum atomic E-state index is 12.2. The van der Waals surface area contributed by atoms with Gasteiger partial charge in [0.25, 0.3) is 5.91 Å². The number of benzene rings is 1. The van der Waals surface area contributed by atoms with Crippen LogP contribution >= 0.6 is 11.6 Å². The second-order valence-electron chi connectivity index (χ2n) is 6.47. The number of primary amides is 1. The zero-order chi connectivity index (χ0) is 19.9. The van der Waals surface area contributed by atoms with Crippen molar-refractivity contribution in [2.24, 2.45) is 5.73 Å². The maximum Gasteiger partial charge on any atom is 0.312 e. The van der Waals surface area contributed by atoms with Gasteiger partial charge in [-0.2, -0.15) is 0 Å². The number of esters is 1. The SMILES string of the molecule is CC(C)N(C(=O)COC(=O)C[C@H](NC(N)=O)c1ccc(Cl)cc1)C(C)C. The van der Waals surface area contributed by atoms with Crippen LogP contribution in [-0.4, -0.2) is 41.5 Å². The van der Waals surface area contributed by atoms with Gasteiger partial charge in [0.1, 0.15) is 0 Å². The van der Waals surface area contributed by atoms with Crippen molar-refractivity contribution in [2.45, 2.75) is 52.2 Å². The standard InChI is InChI=1S/C18H26ClN3O4/c1-11(2)22(12(3)4)16(23)10-26-17(24)9-15(21-18(20)25)13-5-7-14(19)8-6-13/h5-8,11-12,15H,9-10H2,1-4H3,(H3,20,21,25)/t15-/m0/s1. The fraction of sp³-hybridized carbons (Fsp3) is 0.500. The van der Waals surface area contributed by atoms with Crippen molar-refractivity contribution in [1.82, 2.24) is 10.2 Å². The number of nitrogens with one attached hydrogen (secondary N) is 1. The maximum absolute atomic E-state index is 12.2. The molecule has 0 unspecified atom stereocenters. The molecular formula is C18H26ClN3O4. The summed E-state index contributed by atoms with van der Waals surface area (Å²) >= 11 is 5.85. The molecule has 0 saturated heterocycles. The normalized spacial score (nSPS) is 12.0. The Bertz CT molecular complexity index is 624. The number of hydrogen-bond donors (Lipinski definition) is 2. The van der Waals surface area contributed by atoms with Gasteiger partial charge in [0.2, 0.25) is 0 Å². The number of nitrogens with zero attached hydrogens (tertiary/aromatic N) is 1. The number of rotatable bonds is 8. The minimum absolute atomic E-state index is 0.000420. The van der Waals surface area contributed by atoms with Crippen LogP contribution in [0.2, 0.25) is 5.02 Å². The van der Waals surface area contributed by atoms with Crippen LogP contribution in [0, 0.1) is 0 Å². The van der Waals surface area contributed by atoms with Gasteiger partial charge in [-0.3, -0.25) is 9.59 Å². The van der Waals surface area contributed by atoms with Crippen LogP contribution in [0.4, 0.5) is 4.79 Å². The van der Waals surface area contributed by atoms with Crippen LogP contribution in [0.15, 0.2) is 24.3 Å². The van der Waals surface area contributed by atoms with Crippen molar-refractivity contribution in [3.05, 3.63) is 34.9 Å². The lowest BCUT2D eigenvalue weighted by atomic mass is 10.0. The van der Waals surface area contributed by atoms with Crippen LogP contribution in [-0.2, 0) is 14.3 Å². The number of nitrogens with two attached hydrogens (primary N) is 1. The molecule has 1 rings (SSSR count). The topological polar surface area (TPSA) is 102 Å². The fourth-order valence-electron chi connectivity index (χ4n) is 2.73. The molecule has 0 aliphatic carbocycles. The number of halogens is 1. The Kier molecular flexibility index (Phi) is 8.38. The predicted molar refractivity (Wildman–Crippen MR) is 99.6 cm³/mol. The molecule has 1 aromatic rings. The summed E-state index contributed by atoms with van der Waals surface area (Å²) in [6.45, 7) is 7.24. The summed E-state index contributed by atoms with van der Waals surface area (Å²) < 4.78 is 5.09. The van der Waals surface area contributed by atoms with Gasteiger partial charge in [0.15, 0.2) is 6.61 Å². The van der Waals surface area contributed by atoms with E-state index in [1.165, 1.54) is 0 Å². The van der Waals surface area contributed by atoms with E-state index < -0.39 is 18.0 Å². The van der Waals surface area contributed by atoms with Gasteiger partial charge in [0, 0.05) is 17.1 Å². The molecular weight excluding hydrogens is 358 g/mol. The van der Waals surface area contributed by atoms with Gasteiger partial charge in [-0.15, -0.1) is 0 Å². The van der Waals surface area contributed by atoms with E-state index in [1.54, 1.807) is 29.2 Å². The highest BCUT2D eigenvalue weighted by Gasteiger charge is 2.23.